The molecule has 2 saturated heterocycles. The molecule has 1 aliphatic carbocycles. The highest BCUT2D eigenvalue weighted by atomic mass is 16.7. The van der Waals surface area contributed by atoms with Crippen LogP contribution in [0.3, 0.4) is 0 Å². The van der Waals surface area contributed by atoms with Crippen LogP contribution in [0.15, 0.2) is 54.3 Å². The van der Waals surface area contributed by atoms with Crippen LogP contribution in [0.1, 0.15) is 69.8 Å². The van der Waals surface area contributed by atoms with Gasteiger partial charge in [-0.25, -0.2) is 0 Å². The SMILES string of the molecule is Cc1cccc(OCC(C=C[C@H]2C(OC3CCCCO3)CC(=O)[C@@H]2CC=C=CCCC(=O)O)OC2CCCCO2)c1. The molecule has 1 saturated carbocycles. The third-order valence-electron chi connectivity index (χ3n) is 7.70. The maximum Gasteiger partial charge on any atom is 0.303 e. The first-order chi connectivity index (χ1) is 20.0. The van der Waals surface area contributed by atoms with Gasteiger partial charge in [-0.05, 0) is 88.1 Å². The van der Waals surface area contributed by atoms with Crippen molar-refractivity contribution in [3.05, 3.63) is 59.9 Å². The molecule has 4 rings (SSSR count). The summed E-state index contributed by atoms with van der Waals surface area (Å²) in [5.41, 5.74) is 4.17. The fourth-order valence-electron chi connectivity index (χ4n) is 5.51. The smallest absolute Gasteiger partial charge is 0.303 e. The molecule has 8 nitrogen and oxygen atoms in total. The van der Waals surface area contributed by atoms with Crippen molar-refractivity contribution >= 4 is 11.8 Å². The Labute approximate surface area is 243 Å². The molecule has 4 unspecified atom stereocenters. The van der Waals surface area contributed by atoms with Gasteiger partial charge in [-0.2, -0.15) is 0 Å². The number of benzene rings is 1. The molecule has 1 aromatic carbocycles. The van der Waals surface area contributed by atoms with Gasteiger partial charge in [-0.15, -0.1) is 5.73 Å². The topological polar surface area (TPSA) is 101 Å². The number of Topliss-reactive ketones (excluding diaryl/α,β-unsaturated/α-hetero) is 1. The van der Waals surface area contributed by atoms with Crippen molar-refractivity contribution in [2.75, 3.05) is 19.8 Å². The number of carboxylic acid groups (broad SMARTS) is 1. The van der Waals surface area contributed by atoms with Crippen LogP contribution in [0.25, 0.3) is 0 Å². The molecule has 3 fully saturated rings. The van der Waals surface area contributed by atoms with Gasteiger partial charge >= 0.3 is 5.97 Å². The van der Waals surface area contributed by atoms with Gasteiger partial charge in [0.15, 0.2) is 12.6 Å². The van der Waals surface area contributed by atoms with E-state index in [0.717, 1.165) is 49.8 Å². The number of ketones is 1. The van der Waals surface area contributed by atoms with Crippen molar-refractivity contribution in [3.63, 3.8) is 0 Å². The van der Waals surface area contributed by atoms with Crippen LogP contribution >= 0.6 is 0 Å². The molecule has 0 radical (unpaired) electrons. The van der Waals surface area contributed by atoms with Gasteiger partial charge in [-0.3, -0.25) is 9.59 Å². The van der Waals surface area contributed by atoms with Gasteiger partial charge in [0.1, 0.15) is 24.2 Å². The summed E-state index contributed by atoms with van der Waals surface area (Å²) in [4.78, 5) is 23.9. The second-order valence-electron chi connectivity index (χ2n) is 11.1. The number of aryl methyl sites for hydroxylation is 1. The van der Waals surface area contributed by atoms with Crippen LogP contribution in [0, 0.1) is 18.8 Å². The number of ether oxygens (including phenoxy) is 5. The lowest BCUT2D eigenvalue weighted by Crippen LogP contribution is -2.32. The molecule has 2 aliphatic heterocycles. The van der Waals surface area contributed by atoms with Crippen LogP contribution in [0.2, 0.25) is 0 Å². The summed E-state index contributed by atoms with van der Waals surface area (Å²) in [6, 6.07) is 7.92. The van der Waals surface area contributed by atoms with Crippen LogP contribution < -0.4 is 4.74 Å². The highest BCUT2D eigenvalue weighted by Crippen LogP contribution is 2.37. The summed E-state index contributed by atoms with van der Waals surface area (Å²) in [5.74, 6) is -0.355. The number of hydrogen-bond acceptors (Lipinski definition) is 7. The Morgan fingerprint density at radius 1 is 1.12 bits per heavy atom. The molecule has 3 aliphatic rings. The van der Waals surface area contributed by atoms with Crippen molar-refractivity contribution in [2.24, 2.45) is 11.8 Å². The summed E-state index contributed by atoms with van der Waals surface area (Å²) < 4.78 is 30.5. The summed E-state index contributed by atoms with van der Waals surface area (Å²) in [6.45, 7) is 3.70. The number of carboxylic acids is 1. The molecule has 1 N–H and O–H groups in total. The summed E-state index contributed by atoms with van der Waals surface area (Å²) >= 11 is 0. The van der Waals surface area contributed by atoms with Gasteiger partial charge in [0.05, 0.1) is 6.10 Å². The van der Waals surface area contributed by atoms with E-state index < -0.39 is 5.97 Å². The number of rotatable bonds is 14. The van der Waals surface area contributed by atoms with Crippen LogP contribution in [-0.2, 0) is 28.5 Å². The number of allylic oxidation sites excluding steroid dienone is 1. The molecule has 6 atom stereocenters. The second-order valence-corrected chi connectivity index (χ2v) is 11.1. The van der Waals surface area contributed by atoms with Gasteiger partial charge < -0.3 is 28.8 Å². The molecule has 224 valence electrons. The Morgan fingerprint density at radius 3 is 2.61 bits per heavy atom. The van der Waals surface area contributed by atoms with Crippen LogP contribution in [0.5, 0.6) is 5.75 Å². The lowest BCUT2D eigenvalue weighted by atomic mass is 9.90. The third-order valence-corrected chi connectivity index (χ3v) is 7.70. The Balaban J connectivity index is 1.48. The van der Waals surface area contributed by atoms with E-state index in [1.165, 1.54) is 0 Å². The Hall–Kier alpha value is -2.74. The standard InChI is InChI=1S/C33H44O8/c1-24-11-10-12-25(21-24)39-23-26(40-32-15-6-8-19-37-32)17-18-28-27(13-4-2-3-5-14-31(35)36)29(34)22-30(28)41-33-16-7-9-20-38-33/h3-4,10-12,17-18,21,26-28,30,32-33H,5-9,13-16,19-20,22-23H2,1H3,(H,35,36)/t2?,26?,27-,28-,30?,32?,33?/m1/s1. The number of aliphatic carboxylic acids is 1. The number of carbonyl (C=O) groups is 2. The monoisotopic (exact) mass is 568 g/mol. The van der Waals surface area contributed by atoms with Crippen LogP contribution in [0.4, 0.5) is 0 Å². The van der Waals surface area contributed by atoms with E-state index in [1.54, 1.807) is 6.08 Å². The predicted octanol–water partition coefficient (Wildman–Crippen LogP) is 5.93. The maximum atomic E-state index is 13.2. The molecule has 0 aromatic heterocycles. The van der Waals surface area contributed by atoms with Crippen molar-refractivity contribution in [3.8, 4) is 5.75 Å². The average Bonchev–Trinajstić information content (AvgIpc) is 3.26. The quantitative estimate of drug-likeness (QED) is 0.218. The lowest BCUT2D eigenvalue weighted by Gasteiger charge is -2.29. The van der Waals surface area contributed by atoms with Gasteiger partial charge in [0.2, 0.25) is 0 Å². The molecular weight excluding hydrogens is 524 g/mol. The minimum Gasteiger partial charge on any atom is -0.491 e. The van der Waals surface area contributed by atoms with Crippen molar-refractivity contribution < 1.29 is 38.4 Å². The fourth-order valence-corrected chi connectivity index (χ4v) is 5.51. The number of hydrogen-bond donors (Lipinski definition) is 1. The Bertz CT molecular complexity index is 1060. The highest BCUT2D eigenvalue weighted by Gasteiger charge is 2.42. The normalized spacial score (nSPS) is 27.3. The molecule has 0 spiro atoms. The highest BCUT2D eigenvalue weighted by molar-refractivity contribution is 5.85. The Morgan fingerprint density at radius 2 is 1.90 bits per heavy atom. The minimum atomic E-state index is -0.842. The summed E-state index contributed by atoms with van der Waals surface area (Å²) in [7, 11) is 0. The van der Waals surface area contributed by atoms with Crippen molar-refractivity contribution in [1.29, 1.82) is 0 Å². The van der Waals surface area contributed by atoms with E-state index in [9.17, 15) is 9.59 Å². The summed E-state index contributed by atoms with van der Waals surface area (Å²) in [6.07, 6.45) is 13.5. The van der Waals surface area contributed by atoms with E-state index in [1.807, 2.05) is 43.3 Å². The first-order valence-electron chi connectivity index (χ1n) is 15.0. The van der Waals surface area contributed by atoms with E-state index in [0.29, 0.717) is 39.1 Å². The zero-order valence-corrected chi connectivity index (χ0v) is 24.1. The fraction of sp³-hybridized carbons (Fsp3) is 0.606. The molecule has 0 bridgehead atoms. The van der Waals surface area contributed by atoms with Crippen molar-refractivity contribution in [2.45, 2.75) is 95.9 Å². The largest absolute Gasteiger partial charge is 0.491 e. The molecule has 41 heavy (non-hydrogen) atoms. The first kappa shape index (κ1) is 31.2. The predicted molar refractivity (Wildman–Crippen MR) is 153 cm³/mol. The number of carbonyl (C=O) groups excluding carboxylic acids is 1. The van der Waals surface area contributed by atoms with Gasteiger partial charge in [0.25, 0.3) is 0 Å². The first-order valence-corrected chi connectivity index (χ1v) is 15.0. The summed E-state index contributed by atoms with van der Waals surface area (Å²) in [5, 5.41) is 8.84. The zero-order valence-electron chi connectivity index (χ0n) is 24.1. The molecule has 8 heteroatoms. The third kappa shape index (κ3) is 10.6. The lowest BCUT2D eigenvalue weighted by molar-refractivity contribution is -0.192. The zero-order chi connectivity index (χ0) is 28.9. The average molecular weight is 569 g/mol. The minimum absolute atomic E-state index is 0.0581. The van der Waals surface area contributed by atoms with E-state index in [2.05, 4.69) is 11.8 Å². The molecule has 0 amide bonds. The molecular formula is C33H44O8. The van der Waals surface area contributed by atoms with Crippen molar-refractivity contribution in [1.82, 2.24) is 0 Å². The van der Waals surface area contributed by atoms with E-state index >= 15 is 0 Å². The Kier molecular flexibility index (Phi) is 12.7. The molecule has 1 aromatic rings. The van der Waals surface area contributed by atoms with Crippen LogP contribution in [-0.4, -0.2) is 61.5 Å². The van der Waals surface area contributed by atoms with Gasteiger partial charge in [-0.1, -0.05) is 24.3 Å². The van der Waals surface area contributed by atoms with E-state index in [-0.39, 0.29) is 48.8 Å². The maximum absolute atomic E-state index is 13.2. The second kappa shape index (κ2) is 16.6. The van der Waals surface area contributed by atoms with Gasteiger partial charge in [0, 0.05) is 37.9 Å². The molecule has 2 heterocycles. The van der Waals surface area contributed by atoms with E-state index in [4.69, 9.17) is 28.8 Å².